The molecule has 3 aliphatic rings. The van der Waals surface area contributed by atoms with Crippen LogP contribution in [0, 0.1) is 0 Å². The highest BCUT2D eigenvalue weighted by molar-refractivity contribution is 5.80. The highest BCUT2D eigenvalue weighted by atomic mass is 16.8. The Morgan fingerprint density at radius 2 is 1.27 bits per heavy atom. The number of aliphatic hydroxyl groups excluding tert-OH is 6. The molecule has 0 saturated carbocycles. The molecule has 18 nitrogen and oxygen atoms in total. The van der Waals surface area contributed by atoms with Crippen LogP contribution in [0.15, 0.2) is 0 Å². The highest BCUT2D eigenvalue weighted by Crippen LogP contribution is 2.33. The number of ether oxygens (including phenoxy) is 6. The first kappa shape index (κ1) is 33.4. The van der Waals surface area contributed by atoms with Gasteiger partial charge in [0.05, 0.1) is 12.7 Å². The number of methoxy groups -OCH3 is 1. The molecule has 3 saturated heterocycles. The van der Waals surface area contributed by atoms with Crippen molar-refractivity contribution in [3.63, 3.8) is 0 Å². The third kappa shape index (κ3) is 7.29. The van der Waals surface area contributed by atoms with Crippen LogP contribution in [0.4, 0.5) is 0 Å². The van der Waals surface area contributed by atoms with Crippen molar-refractivity contribution in [2.45, 2.75) is 113 Å². The van der Waals surface area contributed by atoms with E-state index in [0.29, 0.717) is 0 Å². The Balaban J connectivity index is 1.97. The summed E-state index contributed by atoms with van der Waals surface area (Å²) in [6.45, 7) is 3.01. The van der Waals surface area contributed by atoms with Gasteiger partial charge in [0.2, 0.25) is 17.7 Å². The van der Waals surface area contributed by atoms with Crippen LogP contribution in [0.3, 0.4) is 0 Å². The van der Waals surface area contributed by atoms with Gasteiger partial charge in [-0.2, -0.15) is 0 Å². The molecule has 0 radical (unpaired) electrons. The van der Waals surface area contributed by atoms with Crippen LogP contribution in [0.5, 0.6) is 0 Å². The van der Waals surface area contributed by atoms with Crippen molar-refractivity contribution in [2.75, 3.05) is 13.7 Å². The summed E-state index contributed by atoms with van der Waals surface area (Å²) in [4.78, 5) is 35.6. The van der Waals surface area contributed by atoms with Gasteiger partial charge in [0.1, 0.15) is 60.9 Å². The lowest BCUT2D eigenvalue weighted by Gasteiger charge is -2.49. The Morgan fingerprint density at radius 3 is 1.76 bits per heavy atom. The minimum Gasteiger partial charge on any atom is -0.394 e. The van der Waals surface area contributed by atoms with Gasteiger partial charge in [-0.3, -0.25) is 14.4 Å². The van der Waals surface area contributed by atoms with E-state index in [0.717, 1.165) is 13.8 Å². The maximum Gasteiger partial charge on any atom is 0.249 e. The van der Waals surface area contributed by atoms with E-state index < -0.39 is 116 Å². The number of amides is 3. The fourth-order valence-electron chi connectivity index (χ4n) is 4.97. The Kier molecular flexibility index (Phi) is 11.4. The first-order valence-electron chi connectivity index (χ1n) is 12.9. The summed E-state index contributed by atoms with van der Waals surface area (Å²) in [5, 5.41) is 67.5. The number of aliphatic hydroxyl groups is 6. The van der Waals surface area contributed by atoms with Gasteiger partial charge in [0, 0.05) is 21.0 Å². The molecule has 18 heteroatoms. The van der Waals surface area contributed by atoms with Gasteiger partial charge < -0.3 is 75.4 Å². The molecule has 3 fully saturated rings. The molecule has 3 heterocycles. The van der Waals surface area contributed by atoms with Crippen molar-refractivity contribution < 1.29 is 73.4 Å². The lowest BCUT2D eigenvalue weighted by molar-refractivity contribution is -0.371. The van der Waals surface area contributed by atoms with E-state index in [1.165, 1.54) is 14.0 Å². The normalized spacial score (nSPS) is 45.1. The third-order valence-corrected chi connectivity index (χ3v) is 7.08. The van der Waals surface area contributed by atoms with Crippen LogP contribution in [-0.2, 0) is 42.8 Å². The fraction of sp³-hybridized carbons (Fsp3) is 0.870. The van der Waals surface area contributed by atoms with Gasteiger partial charge in [0.15, 0.2) is 25.0 Å². The molecule has 0 spiro atoms. The molecule has 3 aliphatic heterocycles. The van der Waals surface area contributed by atoms with Crippen LogP contribution in [0.25, 0.3) is 0 Å². The number of carbonyl (C=O) groups is 3. The third-order valence-electron chi connectivity index (χ3n) is 7.08. The summed E-state index contributed by atoms with van der Waals surface area (Å²) in [7, 11) is 1.24. The van der Waals surface area contributed by atoms with E-state index in [-0.39, 0.29) is 0 Å². The smallest absolute Gasteiger partial charge is 0.249 e. The van der Waals surface area contributed by atoms with Crippen molar-refractivity contribution in [1.29, 1.82) is 0 Å². The zero-order chi connectivity index (χ0) is 30.8. The molecular weight excluding hydrogens is 558 g/mol. The Hall–Kier alpha value is -2.07. The number of hydrogen-bond acceptors (Lipinski definition) is 15. The molecule has 0 aliphatic carbocycles. The van der Waals surface area contributed by atoms with Gasteiger partial charge >= 0.3 is 0 Å². The van der Waals surface area contributed by atoms with Crippen molar-refractivity contribution in [1.82, 2.24) is 10.6 Å². The predicted molar refractivity (Wildman–Crippen MR) is 130 cm³/mol. The summed E-state index contributed by atoms with van der Waals surface area (Å²) in [5.41, 5.74) is 5.30. The molecule has 0 unspecified atom stereocenters. The minimum absolute atomic E-state index is 0.622. The van der Waals surface area contributed by atoms with Gasteiger partial charge in [-0.25, -0.2) is 0 Å². The molecular formula is C23H39N3O15. The van der Waals surface area contributed by atoms with Crippen molar-refractivity contribution in [3.05, 3.63) is 0 Å². The van der Waals surface area contributed by atoms with Crippen LogP contribution in [0.2, 0.25) is 0 Å². The molecule has 3 rings (SSSR count). The molecule has 3 amide bonds. The first-order valence-corrected chi connectivity index (χ1v) is 12.9. The Bertz CT molecular complexity index is 929. The van der Waals surface area contributed by atoms with E-state index in [2.05, 4.69) is 10.6 Å². The average Bonchev–Trinajstić information content (AvgIpc) is 2.90. The predicted octanol–water partition coefficient (Wildman–Crippen LogP) is -6.11. The summed E-state index contributed by atoms with van der Waals surface area (Å²) in [5.74, 6) is -2.42. The van der Waals surface area contributed by atoms with E-state index in [1.54, 1.807) is 0 Å². The van der Waals surface area contributed by atoms with Gasteiger partial charge in [-0.1, -0.05) is 0 Å². The topological polar surface area (TPSA) is 278 Å². The van der Waals surface area contributed by atoms with E-state index in [1.807, 2.05) is 0 Å². The Morgan fingerprint density at radius 1 is 0.756 bits per heavy atom. The first-order chi connectivity index (χ1) is 19.2. The van der Waals surface area contributed by atoms with Gasteiger partial charge in [-0.15, -0.1) is 0 Å². The number of nitrogens with one attached hydrogen (secondary N) is 2. The summed E-state index contributed by atoms with van der Waals surface area (Å²) in [6.07, 6.45) is -20.0. The average molecular weight is 598 g/mol. The molecule has 15 atom stereocenters. The zero-order valence-electron chi connectivity index (χ0n) is 22.8. The Labute approximate surface area is 234 Å². The summed E-state index contributed by atoms with van der Waals surface area (Å²) >= 11 is 0. The molecule has 236 valence electrons. The van der Waals surface area contributed by atoms with Gasteiger partial charge in [-0.05, 0) is 6.92 Å². The van der Waals surface area contributed by atoms with E-state index in [4.69, 9.17) is 34.2 Å². The van der Waals surface area contributed by atoms with E-state index in [9.17, 15) is 45.0 Å². The molecule has 0 aromatic heterocycles. The lowest BCUT2D eigenvalue weighted by Crippen LogP contribution is -2.70. The number of carbonyl (C=O) groups excluding carboxylic acids is 3. The number of nitrogens with two attached hydrogens (primary N) is 1. The minimum atomic E-state index is -1.83. The number of primary amides is 1. The van der Waals surface area contributed by atoms with Crippen molar-refractivity contribution in [2.24, 2.45) is 5.73 Å². The summed E-state index contributed by atoms with van der Waals surface area (Å²) < 4.78 is 34.2. The van der Waals surface area contributed by atoms with Crippen LogP contribution >= 0.6 is 0 Å². The second kappa shape index (κ2) is 13.9. The second-order valence-corrected chi connectivity index (χ2v) is 10.1. The monoisotopic (exact) mass is 597 g/mol. The SMILES string of the molecule is CO[C@@H]1O[C@@H](C)[C@H](O)[C@@H](O[C@@H]2O[C@H](CO)[C@@H](O)[C@H](O)[C@H]2NC(C)=O)[C@H]1O[C@H]1O[C@H](C(N)=O)[C@H](O)[C@H](O)[C@H]1NC(C)=O. The largest absolute Gasteiger partial charge is 0.394 e. The molecule has 41 heavy (non-hydrogen) atoms. The molecule has 0 aromatic carbocycles. The van der Waals surface area contributed by atoms with Crippen LogP contribution in [0.1, 0.15) is 20.8 Å². The quantitative estimate of drug-likeness (QED) is 0.120. The summed E-state index contributed by atoms with van der Waals surface area (Å²) in [6, 6.07) is -2.84. The maximum atomic E-state index is 11.9. The maximum absolute atomic E-state index is 11.9. The zero-order valence-corrected chi connectivity index (χ0v) is 22.8. The fourth-order valence-corrected chi connectivity index (χ4v) is 4.97. The molecule has 0 aromatic rings. The second-order valence-electron chi connectivity index (χ2n) is 10.1. The lowest BCUT2D eigenvalue weighted by atomic mass is 9.94. The standard InChI is InChI=1S/C23H39N3O15/c1-6-12(30)17(39-21-10(25-7(2)28)14(32)13(31)9(5-27)38-21)19(23(36-4)37-6)41-22-11(26-8(3)29)15(33)16(34)18(40-22)20(24)35/h6,9-19,21-23,27,30-34H,5H2,1-4H3,(H2,24,35)(H,25,28)(H,26,29)/t6-,9+,10+,11+,12-,13+,14+,15+,16+,17+,18-,19+,21-,22+,23+/m0/s1. The van der Waals surface area contributed by atoms with Gasteiger partial charge in [0.25, 0.3) is 0 Å². The van der Waals surface area contributed by atoms with E-state index >= 15 is 0 Å². The van der Waals surface area contributed by atoms with Crippen molar-refractivity contribution >= 4 is 17.7 Å². The van der Waals surface area contributed by atoms with Crippen LogP contribution in [-0.4, -0.2) is 154 Å². The van der Waals surface area contributed by atoms with Crippen LogP contribution < -0.4 is 16.4 Å². The molecule has 10 N–H and O–H groups in total. The number of hydrogen-bond donors (Lipinski definition) is 9. The number of rotatable bonds is 9. The molecule has 0 bridgehead atoms. The van der Waals surface area contributed by atoms with Crippen molar-refractivity contribution in [3.8, 4) is 0 Å². The highest BCUT2D eigenvalue weighted by Gasteiger charge is 2.55.